The number of nitrogens with one attached hydrogen (secondary N) is 2. The maximum Gasteiger partial charge on any atom is 0.341 e. The molecule has 0 saturated heterocycles. The SMILES string of the molecule is CNc1ccc([N+](=O)[O-])cc1C(=O)O[C@H](C)C(=O)Nc1ccc(OC)c(Cl)c1. The summed E-state index contributed by atoms with van der Waals surface area (Å²) in [4.78, 5) is 35.0. The Balaban J connectivity index is 2.11. The zero-order chi connectivity index (χ0) is 20.8. The summed E-state index contributed by atoms with van der Waals surface area (Å²) in [7, 11) is 3.02. The van der Waals surface area contributed by atoms with Gasteiger partial charge < -0.3 is 20.1 Å². The molecule has 0 bridgehead atoms. The Labute approximate surface area is 165 Å². The smallest absolute Gasteiger partial charge is 0.341 e. The largest absolute Gasteiger partial charge is 0.495 e. The summed E-state index contributed by atoms with van der Waals surface area (Å²) in [6.45, 7) is 1.38. The molecule has 0 saturated carbocycles. The van der Waals surface area contributed by atoms with E-state index in [4.69, 9.17) is 21.1 Å². The minimum atomic E-state index is -1.16. The second kappa shape index (κ2) is 9.05. The van der Waals surface area contributed by atoms with Gasteiger partial charge in [0.15, 0.2) is 6.10 Å². The highest BCUT2D eigenvalue weighted by Gasteiger charge is 2.23. The van der Waals surface area contributed by atoms with Gasteiger partial charge in [0.25, 0.3) is 11.6 Å². The topological polar surface area (TPSA) is 120 Å². The highest BCUT2D eigenvalue weighted by molar-refractivity contribution is 6.32. The number of esters is 1. The third-order valence-electron chi connectivity index (χ3n) is 3.78. The Hall–Kier alpha value is -3.33. The van der Waals surface area contributed by atoms with Gasteiger partial charge in [-0.05, 0) is 31.2 Å². The summed E-state index contributed by atoms with van der Waals surface area (Å²) >= 11 is 6.01. The first-order valence-electron chi connectivity index (χ1n) is 8.08. The van der Waals surface area contributed by atoms with Crippen LogP contribution in [-0.4, -0.2) is 37.1 Å². The van der Waals surface area contributed by atoms with Gasteiger partial charge in [-0.2, -0.15) is 0 Å². The Kier molecular flexibility index (Phi) is 6.78. The summed E-state index contributed by atoms with van der Waals surface area (Å²) in [6, 6.07) is 8.38. The summed E-state index contributed by atoms with van der Waals surface area (Å²) in [5.41, 5.74) is 0.412. The van der Waals surface area contributed by atoms with Crippen molar-refractivity contribution in [3.63, 3.8) is 0 Å². The summed E-state index contributed by atoms with van der Waals surface area (Å²) < 4.78 is 10.2. The van der Waals surface area contributed by atoms with Crippen LogP contribution in [0.25, 0.3) is 0 Å². The van der Waals surface area contributed by atoms with E-state index in [2.05, 4.69) is 10.6 Å². The van der Waals surface area contributed by atoms with Gasteiger partial charge in [0, 0.05) is 30.6 Å². The molecule has 2 N–H and O–H groups in total. The number of non-ortho nitro benzene ring substituents is 1. The molecule has 0 fully saturated rings. The lowest BCUT2D eigenvalue weighted by Crippen LogP contribution is -2.30. The Morgan fingerprint density at radius 3 is 2.50 bits per heavy atom. The maximum absolute atomic E-state index is 12.4. The van der Waals surface area contributed by atoms with Crippen LogP contribution in [0.15, 0.2) is 36.4 Å². The van der Waals surface area contributed by atoms with Gasteiger partial charge >= 0.3 is 5.97 Å². The fourth-order valence-electron chi connectivity index (χ4n) is 2.30. The van der Waals surface area contributed by atoms with Crippen molar-refractivity contribution in [2.45, 2.75) is 13.0 Å². The summed E-state index contributed by atoms with van der Waals surface area (Å²) in [5, 5.41) is 16.6. The van der Waals surface area contributed by atoms with Crippen molar-refractivity contribution < 1.29 is 24.0 Å². The van der Waals surface area contributed by atoms with Crippen LogP contribution in [0.3, 0.4) is 0 Å². The highest BCUT2D eigenvalue weighted by Crippen LogP contribution is 2.27. The van der Waals surface area contributed by atoms with E-state index in [9.17, 15) is 19.7 Å². The standard InChI is InChI=1S/C18H18ClN3O6/c1-10(17(23)21-11-4-7-16(27-3)14(19)8-11)28-18(24)13-9-12(22(25)26)5-6-15(13)20-2/h4-10,20H,1-3H3,(H,21,23)/t10-/m1/s1. The molecule has 0 heterocycles. The number of nitro groups is 1. The lowest BCUT2D eigenvalue weighted by Gasteiger charge is -2.15. The number of hydrogen-bond acceptors (Lipinski definition) is 7. The number of ether oxygens (including phenoxy) is 2. The number of methoxy groups -OCH3 is 1. The first-order chi connectivity index (χ1) is 13.3. The molecule has 2 aromatic carbocycles. The average Bonchev–Trinajstić information content (AvgIpc) is 2.67. The summed E-state index contributed by atoms with van der Waals surface area (Å²) in [5.74, 6) is -1.01. The molecule has 0 aliphatic heterocycles. The second-order valence-electron chi connectivity index (χ2n) is 5.62. The van der Waals surface area contributed by atoms with Crippen molar-refractivity contribution in [2.75, 3.05) is 24.8 Å². The highest BCUT2D eigenvalue weighted by atomic mass is 35.5. The van der Waals surface area contributed by atoms with E-state index in [-0.39, 0.29) is 11.3 Å². The van der Waals surface area contributed by atoms with Crippen molar-refractivity contribution in [1.29, 1.82) is 0 Å². The van der Waals surface area contributed by atoms with Crippen molar-refractivity contribution >= 4 is 40.5 Å². The Bertz CT molecular complexity index is 918. The number of carbonyl (C=O) groups excluding carboxylic acids is 2. The maximum atomic E-state index is 12.4. The molecule has 28 heavy (non-hydrogen) atoms. The Morgan fingerprint density at radius 1 is 1.21 bits per heavy atom. The number of amides is 1. The van der Waals surface area contributed by atoms with Gasteiger partial charge in [-0.15, -0.1) is 0 Å². The molecule has 10 heteroatoms. The van der Waals surface area contributed by atoms with E-state index < -0.39 is 22.9 Å². The Morgan fingerprint density at radius 2 is 1.93 bits per heavy atom. The zero-order valence-corrected chi connectivity index (χ0v) is 16.1. The molecule has 0 aromatic heterocycles. The summed E-state index contributed by atoms with van der Waals surface area (Å²) in [6.07, 6.45) is -1.16. The predicted octanol–water partition coefficient (Wildman–Crippen LogP) is 3.48. The van der Waals surface area contributed by atoms with Gasteiger partial charge in [-0.25, -0.2) is 4.79 Å². The molecule has 0 spiro atoms. The van der Waals surface area contributed by atoms with Crippen molar-refractivity contribution in [1.82, 2.24) is 0 Å². The van der Waals surface area contributed by atoms with E-state index >= 15 is 0 Å². The fourth-order valence-corrected chi connectivity index (χ4v) is 2.56. The quantitative estimate of drug-likeness (QED) is 0.409. The number of benzene rings is 2. The molecule has 0 aliphatic rings. The van der Waals surface area contributed by atoms with E-state index in [1.165, 1.54) is 32.2 Å². The van der Waals surface area contributed by atoms with Crippen LogP contribution in [0.2, 0.25) is 5.02 Å². The molecule has 0 aliphatic carbocycles. The average molecular weight is 408 g/mol. The van der Waals surface area contributed by atoms with Crippen LogP contribution >= 0.6 is 11.6 Å². The third-order valence-corrected chi connectivity index (χ3v) is 4.07. The van der Waals surface area contributed by atoms with Gasteiger partial charge in [0.2, 0.25) is 0 Å². The molecule has 2 aromatic rings. The number of carbonyl (C=O) groups is 2. The molecule has 9 nitrogen and oxygen atoms in total. The van der Waals surface area contributed by atoms with Crippen molar-refractivity contribution in [2.24, 2.45) is 0 Å². The van der Waals surface area contributed by atoms with E-state index in [1.807, 2.05) is 0 Å². The van der Waals surface area contributed by atoms with Crippen molar-refractivity contribution in [3.8, 4) is 5.75 Å². The second-order valence-corrected chi connectivity index (χ2v) is 6.03. The molecule has 2 rings (SSSR count). The van der Waals surface area contributed by atoms with Crippen LogP contribution in [0.5, 0.6) is 5.75 Å². The number of halogens is 1. The van der Waals surface area contributed by atoms with Crippen molar-refractivity contribution in [3.05, 3.63) is 57.1 Å². The van der Waals surface area contributed by atoms with E-state index in [1.54, 1.807) is 19.2 Å². The van der Waals surface area contributed by atoms with Crippen LogP contribution in [0.4, 0.5) is 17.1 Å². The minimum absolute atomic E-state index is 0.0520. The van der Waals surface area contributed by atoms with E-state index in [0.29, 0.717) is 22.1 Å². The zero-order valence-electron chi connectivity index (χ0n) is 15.3. The molecule has 1 atom stereocenters. The predicted molar refractivity (Wildman–Crippen MR) is 104 cm³/mol. The third kappa shape index (κ3) is 4.89. The van der Waals surface area contributed by atoms with Crippen LogP contribution in [0, 0.1) is 10.1 Å². The van der Waals surface area contributed by atoms with Gasteiger partial charge in [-0.1, -0.05) is 11.6 Å². The van der Waals surface area contributed by atoms with Gasteiger partial charge in [0.05, 0.1) is 22.6 Å². The molecule has 1 amide bonds. The lowest BCUT2D eigenvalue weighted by atomic mass is 10.1. The number of nitrogens with zero attached hydrogens (tertiary/aromatic N) is 1. The number of rotatable bonds is 7. The molecule has 0 unspecified atom stereocenters. The first kappa shape index (κ1) is 21.0. The van der Waals surface area contributed by atoms with Crippen LogP contribution in [-0.2, 0) is 9.53 Å². The fraction of sp³-hybridized carbons (Fsp3) is 0.222. The lowest BCUT2D eigenvalue weighted by molar-refractivity contribution is -0.384. The molecular weight excluding hydrogens is 390 g/mol. The monoisotopic (exact) mass is 407 g/mol. The number of hydrogen-bond donors (Lipinski definition) is 2. The number of nitro benzene ring substituents is 1. The van der Waals surface area contributed by atoms with E-state index in [0.717, 1.165) is 6.07 Å². The number of anilines is 2. The van der Waals surface area contributed by atoms with Gasteiger partial charge in [-0.3, -0.25) is 14.9 Å². The molecular formula is C18H18ClN3O6. The normalized spacial score (nSPS) is 11.3. The van der Waals surface area contributed by atoms with Gasteiger partial charge in [0.1, 0.15) is 5.75 Å². The minimum Gasteiger partial charge on any atom is -0.495 e. The molecule has 0 radical (unpaired) electrons. The first-order valence-corrected chi connectivity index (χ1v) is 8.46. The van der Waals surface area contributed by atoms with Crippen LogP contribution in [0.1, 0.15) is 17.3 Å². The molecule has 148 valence electrons. The van der Waals surface area contributed by atoms with Crippen LogP contribution < -0.4 is 15.4 Å².